The molecule has 2 aromatic carbocycles. The van der Waals surface area contributed by atoms with Crippen molar-refractivity contribution < 1.29 is 19.4 Å². The van der Waals surface area contributed by atoms with Crippen molar-refractivity contribution >= 4 is 17.6 Å². The van der Waals surface area contributed by atoms with Gasteiger partial charge in [-0.15, -0.1) is 0 Å². The predicted molar refractivity (Wildman–Crippen MR) is 87.9 cm³/mol. The van der Waals surface area contributed by atoms with Gasteiger partial charge in [0.1, 0.15) is 5.75 Å². The van der Waals surface area contributed by atoms with Gasteiger partial charge in [-0.2, -0.15) is 0 Å². The van der Waals surface area contributed by atoms with Crippen LogP contribution in [0.4, 0.5) is 5.69 Å². The lowest BCUT2D eigenvalue weighted by Crippen LogP contribution is -2.30. The number of carbonyl (C=O) groups is 2. The molecular weight excluding hydrogens is 294 g/mol. The van der Waals surface area contributed by atoms with Gasteiger partial charge in [-0.25, -0.2) is 4.79 Å². The Kier molecular flexibility index (Phi) is 5.36. The van der Waals surface area contributed by atoms with Gasteiger partial charge in [-0.05, 0) is 49.2 Å². The molecule has 0 radical (unpaired) electrons. The number of hydrogen-bond acceptors (Lipinski definition) is 3. The molecule has 1 amide bonds. The number of carbonyl (C=O) groups excluding carboxylic acids is 1. The number of aromatic carboxylic acids is 1. The topological polar surface area (TPSA) is 75.6 Å². The summed E-state index contributed by atoms with van der Waals surface area (Å²) in [6.45, 7) is 3.70. The average Bonchev–Trinajstić information content (AvgIpc) is 2.55. The van der Waals surface area contributed by atoms with Gasteiger partial charge in [-0.1, -0.05) is 25.1 Å². The lowest BCUT2D eigenvalue weighted by atomic mass is 10.1. The number of benzene rings is 2. The molecule has 1 atom stereocenters. The van der Waals surface area contributed by atoms with Crippen LogP contribution in [-0.4, -0.2) is 23.1 Å². The molecule has 0 bridgehead atoms. The van der Waals surface area contributed by atoms with Crippen LogP contribution in [0, 0.1) is 0 Å². The minimum Gasteiger partial charge on any atom is -0.481 e. The normalized spacial score (nSPS) is 11.6. The Balaban J connectivity index is 2.01. The number of carboxylic acids is 1. The third-order valence-electron chi connectivity index (χ3n) is 3.43. The fourth-order valence-electron chi connectivity index (χ4n) is 2.09. The van der Waals surface area contributed by atoms with E-state index in [0.29, 0.717) is 11.4 Å². The maximum atomic E-state index is 12.2. The fraction of sp³-hybridized carbons (Fsp3) is 0.222. The van der Waals surface area contributed by atoms with Gasteiger partial charge < -0.3 is 15.2 Å². The Bertz CT molecular complexity index is 694. The van der Waals surface area contributed by atoms with Crippen molar-refractivity contribution in [2.45, 2.75) is 26.4 Å². The van der Waals surface area contributed by atoms with Crippen LogP contribution in [0.25, 0.3) is 0 Å². The lowest BCUT2D eigenvalue weighted by Gasteiger charge is -2.17. The van der Waals surface area contributed by atoms with Crippen molar-refractivity contribution in [2.75, 3.05) is 5.32 Å². The number of amides is 1. The molecule has 2 N–H and O–H groups in total. The molecule has 5 heteroatoms. The van der Waals surface area contributed by atoms with Gasteiger partial charge in [0, 0.05) is 5.69 Å². The SMILES string of the molecule is CCc1ccccc1O[C@H](C)C(=O)Nc1ccc(C(=O)O)cc1. The van der Waals surface area contributed by atoms with Crippen molar-refractivity contribution in [2.24, 2.45) is 0 Å². The molecule has 2 rings (SSSR count). The van der Waals surface area contributed by atoms with Gasteiger partial charge in [-0.3, -0.25) is 4.79 Å². The van der Waals surface area contributed by atoms with Crippen LogP contribution in [0.2, 0.25) is 0 Å². The van der Waals surface area contributed by atoms with Crippen molar-refractivity contribution in [3.8, 4) is 5.75 Å². The second-order valence-corrected chi connectivity index (χ2v) is 5.09. The maximum absolute atomic E-state index is 12.2. The third-order valence-corrected chi connectivity index (χ3v) is 3.43. The molecule has 0 aliphatic heterocycles. The van der Waals surface area contributed by atoms with Crippen molar-refractivity contribution in [3.05, 3.63) is 59.7 Å². The van der Waals surface area contributed by atoms with E-state index in [0.717, 1.165) is 12.0 Å². The number of para-hydroxylation sites is 1. The Hall–Kier alpha value is -2.82. The van der Waals surface area contributed by atoms with Gasteiger partial charge in [0.2, 0.25) is 0 Å². The fourth-order valence-corrected chi connectivity index (χ4v) is 2.09. The van der Waals surface area contributed by atoms with Crippen LogP contribution in [0.1, 0.15) is 29.8 Å². The van der Waals surface area contributed by atoms with Crippen LogP contribution >= 0.6 is 0 Å². The quantitative estimate of drug-likeness (QED) is 0.857. The molecule has 0 unspecified atom stereocenters. The van der Waals surface area contributed by atoms with Crippen LogP contribution in [0.5, 0.6) is 5.75 Å². The maximum Gasteiger partial charge on any atom is 0.335 e. The summed E-state index contributed by atoms with van der Waals surface area (Å²) in [6.07, 6.45) is 0.156. The summed E-state index contributed by atoms with van der Waals surface area (Å²) in [5.74, 6) is -0.603. The number of anilines is 1. The van der Waals surface area contributed by atoms with Crippen molar-refractivity contribution in [1.29, 1.82) is 0 Å². The average molecular weight is 313 g/mol. The van der Waals surface area contributed by atoms with Gasteiger partial charge in [0.15, 0.2) is 6.10 Å². The van der Waals surface area contributed by atoms with Crippen LogP contribution in [0.15, 0.2) is 48.5 Å². The molecule has 0 aliphatic carbocycles. The highest BCUT2D eigenvalue weighted by Crippen LogP contribution is 2.20. The zero-order valence-electron chi connectivity index (χ0n) is 13.1. The zero-order valence-corrected chi connectivity index (χ0v) is 13.1. The van der Waals surface area contributed by atoms with Crippen molar-refractivity contribution in [3.63, 3.8) is 0 Å². The predicted octanol–water partition coefficient (Wildman–Crippen LogP) is 3.35. The molecular formula is C18H19NO4. The molecule has 2 aromatic rings. The number of carboxylic acid groups (broad SMARTS) is 1. The van der Waals surface area contributed by atoms with Gasteiger partial charge in [0.05, 0.1) is 5.56 Å². The lowest BCUT2D eigenvalue weighted by molar-refractivity contribution is -0.122. The molecule has 23 heavy (non-hydrogen) atoms. The molecule has 5 nitrogen and oxygen atoms in total. The Morgan fingerprint density at radius 3 is 2.39 bits per heavy atom. The first-order valence-corrected chi connectivity index (χ1v) is 7.40. The smallest absolute Gasteiger partial charge is 0.335 e. The van der Waals surface area contributed by atoms with E-state index in [-0.39, 0.29) is 11.5 Å². The first-order chi connectivity index (χ1) is 11.0. The van der Waals surface area contributed by atoms with Crippen molar-refractivity contribution in [1.82, 2.24) is 0 Å². The largest absolute Gasteiger partial charge is 0.481 e. The Labute approximate surface area is 134 Å². The van der Waals surface area contributed by atoms with E-state index < -0.39 is 12.1 Å². The summed E-state index contributed by atoms with van der Waals surface area (Å²) >= 11 is 0. The van der Waals surface area contributed by atoms with Crippen LogP contribution in [0.3, 0.4) is 0 Å². The van der Waals surface area contributed by atoms with Gasteiger partial charge in [0.25, 0.3) is 5.91 Å². The molecule has 0 aliphatic rings. The summed E-state index contributed by atoms with van der Waals surface area (Å²) in [5.41, 5.74) is 1.74. The highest BCUT2D eigenvalue weighted by Gasteiger charge is 2.16. The molecule has 0 fully saturated rings. The number of nitrogens with one attached hydrogen (secondary N) is 1. The summed E-state index contributed by atoms with van der Waals surface area (Å²) in [7, 11) is 0. The van der Waals surface area contributed by atoms with E-state index in [1.165, 1.54) is 12.1 Å². The molecule has 0 saturated carbocycles. The number of ether oxygens (including phenoxy) is 1. The number of rotatable bonds is 6. The first-order valence-electron chi connectivity index (χ1n) is 7.40. The standard InChI is InChI=1S/C18H19NO4/c1-3-13-6-4-5-7-16(13)23-12(2)17(20)19-15-10-8-14(9-11-15)18(21)22/h4-12H,3H2,1-2H3,(H,19,20)(H,21,22)/t12-/m1/s1. The molecule has 0 heterocycles. The number of aryl methyl sites for hydroxylation is 1. The van der Waals surface area contributed by atoms with Crippen LogP contribution < -0.4 is 10.1 Å². The van der Waals surface area contributed by atoms with Crippen LogP contribution in [-0.2, 0) is 11.2 Å². The highest BCUT2D eigenvalue weighted by molar-refractivity contribution is 5.95. The monoisotopic (exact) mass is 313 g/mol. The van der Waals surface area contributed by atoms with E-state index >= 15 is 0 Å². The summed E-state index contributed by atoms with van der Waals surface area (Å²) in [5, 5.41) is 11.6. The van der Waals surface area contributed by atoms with E-state index in [9.17, 15) is 9.59 Å². The second kappa shape index (κ2) is 7.45. The zero-order chi connectivity index (χ0) is 16.8. The minimum atomic E-state index is -1.00. The molecule has 0 aromatic heterocycles. The van der Waals surface area contributed by atoms with E-state index in [4.69, 9.17) is 9.84 Å². The second-order valence-electron chi connectivity index (χ2n) is 5.09. The molecule has 120 valence electrons. The number of hydrogen-bond donors (Lipinski definition) is 2. The van der Waals surface area contributed by atoms with E-state index in [2.05, 4.69) is 5.32 Å². The Morgan fingerprint density at radius 1 is 1.13 bits per heavy atom. The van der Waals surface area contributed by atoms with E-state index in [1.54, 1.807) is 19.1 Å². The minimum absolute atomic E-state index is 0.171. The third kappa shape index (κ3) is 4.32. The van der Waals surface area contributed by atoms with E-state index in [1.807, 2.05) is 31.2 Å². The molecule has 0 spiro atoms. The summed E-state index contributed by atoms with van der Waals surface area (Å²) in [6, 6.07) is 13.6. The summed E-state index contributed by atoms with van der Waals surface area (Å²) in [4.78, 5) is 23.0. The van der Waals surface area contributed by atoms with Gasteiger partial charge >= 0.3 is 5.97 Å². The first kappa shape index (κ1) is 16.5. The summed E-state index contributed by atoms with van der Waals surface area (Å²) < 4.78 is 5.73. The Morgan fingerprint density at radius 2 is 1.78 bits per heavy atom. The molecule has 0 saturated heterocycles. The highest BCUT2D eigenvalue weighted by atomic mass is 16.5.